The summed E-state index contributed by atoms with van der Waals surface area (Å²) >= 11 is 0. The fraction of sp³-hybridized carbons (Fsp3) is 0.833. The Balaban J connectivity index is 1.91. The van der Waals surface area contributed by atoms with Crippen LogP contribution in [0.25, 0.3) is 0 Å². The molecule has 27 heavy (non-hydrogen) atoms. The maximum absolute atomic E-state index is 12.7. The summed E-state index contributed by atoms with van der Waals surface area (Å²) in [5.41, 5.74) is 0. The Morgan fingerprint density at radius 1 is 1.00 bits per heavy atom. The minimum absolute atomic E-state index is 0.0840. The van der Waals surface area contributed by atoms with Crippen LogP contribution in [0.4, 0.5) is 13.2 Å². The molecule has 0 aromatic rings. The second-order valence-corrected chi connectivity index (χ2v) is 7.79. The smallest absolute Gasteiger partial charge is 0.344 e. The lowest BCUT2D eigenvalue weighted by molar-refractivity contribution is -0.186. The number of nitrogens with one attached hydrogen (secondary N) is 1. The van der Waals surface area contributed by atoms with Crippen molar-refractivity contribution in [3.8, 4) is 0 Å². The summed E-state index contributed by atoms with van der Waals surface area (Å²) < 4.78 is 37.5. The van der Waals surface area contributed by atoms with Crippen molar-refractivity contribution in [1.29, 1.82) is 0 Å². The van der Waals surface area contributed by atoms with Crippen molar-refractivity contribution in [3.63, 3.8) is 0 Å². The van der Waals surface area contributed by atoms with Crippen LogP contribution in [0.1, 0.15) is 46.0 Å². The molecule has 9 heteroatoms. The molecule has 2 heterocycles. The first-order chi connectivity index (χ1) is 12.6. The number of hydrogen-bond donors (Lipinski definition) is 1. The van der Waals surface area contributed by atoms with E-state index in [1.165, 1.54) is 0 Å². The van der Waals surface area contributed by atoms with Gasteiger partial charge in [0, 0.05) is 32.1 Å². The highest BCUT2D eigenvalue weighted by molar-refractivity contribution is 5.89. The summed E-state index contributed by atoms with van der Waals surface area (Å²) in [6.07, 6.45) is -2.12. The molecule has 1 N–H and O–H groups in total. The highest BCUT2D eigenvalue weighted by Crippen LogP contribution is 2.24. The Morgan fingerprint density at radius 3 is 2.04 bits per heavy atom. The van der Waals surface area contributed by atoms with E-state index in [1.807, 2.05) is 13.8 Å². The highest BCUT2D eigenvalue weighted by atomic mass is 19.4. The minimum atomic E-state index is -4.89. The number of carbonyl (C=O) groups excluding carboxylic acids is 3. The summed E-state index contributed by atoms with van der Waals surface area (Å²) in [6, 6.07) is -0.606. The number of alkyl halides is 3. The summed E-state index contributed by atoms with van der Waals surface area (Å²) in [5, 5.41) is 2.81. The summed E-state index contributed by atoms with van der Waals surface area (Å²) in [4.78, 5) is 39.0. The molecule has 0 aromatic heterocycles. The van der Waals surface area contributed by atoms with E-state index >= 15 is 0 Å². The van der Waals surface area contributed by atoms with E-state index in [0.29, 0.717) is 19.5 Å². The van der Waals surface area contributed by atoms with Crippen LogP contribution in [0.3, 0.4) is 0 Å². The first-order valence-electron chi connectivity index (χ1n) is 9.55. The maximum atomic E-state index is 12.7. The molecule has 2 rings (SSSR count). The number of hydrogen-bond acceptors (Lipinski definition) is 3. The molecule has 1 atom stereocenters. The number of carbonyl (C=O) groups is 3. The molecule has 0 bridgehead atoms. The third kappa shape index (κ3) is 5.84. The van der Waals surface area contributed by atoms with Crippen molar-refractivity contribution >= 4 is 17.7 Å². The van der Waals surface area contributed by atoms with E-state index in [0.717, 1.165) is 17.7 Å². The fourth-order valence-corrected chi connectivity index (χ4v) is 3.66. The largest absolute Gasteiger partial charge is 0.471 e. The molecule has 0 spiro atoms. The van der Waals surface area contributed by atoms with Crippen LogP contribution in [0.15, 0.2) is 0 Å². The van der Waals surface area contributed by atoms with Crippen LogP contribution in [0.2, 0.25) is 0 Å². The maximum Gasteiger partial charge on any atom is 0.471 e. The normalized spacial score (nSPS) is 20.1. The average Bonchev–Trinajstić information content (AvgIpc) is 3.13. The molecular weight excluding hydrogens is 363 g/mol. The van der Waals surface area contributed by atoms with E-state index in [2.05, 4.69) is 5.32 Å². The van der Waals surface area contributed by atoms with Gasteiger partial charge in [-0.3, -0.25) is 14.4 Å². The van der Waals surface area contributed by atoms with Gasteiger partial charge in [-0.2, -0.15) is 13.2 Å². The lowest BCUT2D eigenvalue weighted by Gasteiger charge is -2.33. The van der Waals surface area contributed by atoms with E-state index in [4.69, 9.17) is 0 Å². The van der Waals surface area contributed by atoms with Gasteiger partial charge in [0.05, 0.1) is 0 Å². The molecule has 2 aliphatic rings. The summed E-state index contributed by atoms with van der Waals surface area (Å²) in [5.74, 6) is -2.52. The Kier molecular flexibility index (Phi) is 7.11. The highest BCUT2D eigenvalue weighted by Gasteiger charge is 2.44. The van der Waals surface area contributed by atoms with Crippen LogP contribution >= 0.6 is 0 Å². The zero-order chi connectivity index (χ0) is 20.2. The van der Waals surface area contributed by atoms with Gasteiger partial charge in [0.25, 0.3) is 0 Å². The van der Waals surface area contributed by atoms with E-state index in [9.17, 15) is 27.6 Å². The average molecular weight is 391 g/mol. The van der Waals surface area contributed by atoms with Gasteiger partial charge in [-0.1, -0.05) is 13.8 Å². The van der Waals surface area contributed by atoms with Crippen molar-refractivity contribution in [2.75, 3.05) is 26.2 Å². The number of nitrogens with zero attached hydrogens (tertiary/aromatic N) is 2. The van der Waals surface area contributed by atoms with Crippen LogP contribution in [0, 0.1) is 11.8 Å². The van der Waals surface area contributed by atoms with E-state index in [-0.39, 0.29) is 43.7 Å². The third-order valence-electron chi connectivity index (χ3n) is 5.13. The number of halogens is 3. The zero-order valence-electron chi connectivity index (χ0n) is 15.8. The van der Waals surface area contributed by atoms with Crippen LogP contribution in [-0.2, 0) is 14.4 Å². The van der Waals surface area contributed by atoms with E-state index < -0.39 is 24.0 Å². The Morgan fingerprint density at radius 2 is 1.56 bits per heavy atom. The van der Waals surface area contributed by atoms with Crippen LogP contribution in [-0.4, -0.2) is 65.9 Å². The third-order valence-corrected chi connectivity index (χ3v) is 5.13. The van der Waals surface area contributed by atoms with Crippen LogP contribution < -0.4 is 5.32 Å². The van der Waals surface area contributed by atoms with Crippen molar-refractivity contribution in [1.82, 2.24) is 15.1 Å². The van der Waals surface area contributed by atoms with Crippen molar-refractivity contribution < 1.29 is 27.6 Å². The number of rotatable bonds is 5. The van der Waals surface area contributed by atoms with Gasteiger partial charge in [-0.25, -0.2) is 0 Å². The second-order valence-electron chi connectivity index (χ2n) is 7.79. The Labute approximate surface area is 157 Å². The Hall–Kier alpha value is -1.80. The monoisotopic (exact) mass is 391 g/mol. The number of likely N-dealkylation sites (tertiary alicyclic amines) is 2. The summed E-state index contributed by atoms with van der Waals surface area (Å²) in [6.45, 7) is 5.12. The first kappa shape index (κ1) is 21.5. The topological polar surface area (TPSA) is 69.7 Å². The SMILES string of the molecule is CC(C)C[C@@H](NC(=O)C1CCN(C(=O)C(F)(F)F)CC1)C(=O)N1CCCC1. The van der Waals surface area contributed by atoms with Gasteiger partial charge >= 0.3 is 12.1 Å². The quantitative estimate of drug-likeness (QED) is 0.779. The predicted octanol–water partition coefficient (Wildman–Crippen LogP) is 1.94. The number of piperidine rings is 1. The van der Waals surface area contributed by atoms with Gasteiger partial charge < -0.3 is 15.1 Å². The van der Waals surface area contributed by atoms with Crippen molar-refractivity contribution in [2.45, 2.75) is 58.2 Å². The van der Waals surface area contributed by atoms with Gasteiger partial charge in [0.2, 0.25) is 11.8 Å². The standard InChI is InChI=1S/C18H28F3N3O3/c1-12(2)11-14(16(26)23-7-3-4-8-23)22-15(25)13-5-9-24(10-6-13)17(27)18(19,20)21/h12-14H,3-11H2,1-2H3,(H,22,25)/t14-/m1/s1. The van der Waals surface area contributed by atoms with Gasteiger partial charge in [-0.15, -0.1) is 0 Å². The fourth-order valence-electron chi connectivity index (χ4n) is 3.66. The molecular formula is C18H28F3N3O3. The molecule has 2 fully saturated rings. The molecule has 0 aromatic carbocycles. The van der Waals surface area contributed by atoms with Crippen molar-refractivity contribution in [3.05, 3.63) is 0 Å². The second kappa shape index (κ2) is 8.93. The summed E-state index contributed by atoms with van der Waals surface area (Å²) in [7, 11) is 0. The van der Waals surface area contributed by atoms with E-state index in [1.54, 1.807) is 4.90 Å². The molecule has 2 aliphatic heterocycles. The zero-order valence-corrected chi connectivity index (χ0v) is 15.8. The lowest BCUT2D eigenvalue weighted by atomic mass is 9.94. The molecule has 0 radical (unpaired) electrons. The molecule has 6 nitrogen and oxygen atoms in total. The molecule has 0 saturated carbocycles. The number of amides is 3. The minimum Gasteiger partial charge on any atom is -0.344 e. The van der Waals surface area contributed by atoms with Gasteiger partial charge in [0.15, 0.2) is 0 Å². The first-order valence-corrected chi connectivity index (χ1v) is 9.55. The van der Waals surface area contributed by atoms with Crippen molar-refractivity contribution in [2.24, 2.45) is 11.8 Å². The molecule has 0 unspecified atom stereocenters. The Bertz CT molecular complexity index is 552. The molecule has 154 valence electrons. The van der Waals surface area contributed by atoms with Gasteiger partial charge in [-0.05, 0) is 38.0 Å². The molecule has 3 amide bonds. The lowest BCUT2D eigenvalue weighted by Crippen LogP contribution is -2.52. The van der Waals surface area contributed by atoms with Crippen LogP contribution in [0.5, 0.6) is 0 Å². The van der Waals surface area contributed by atoms with Gasteiger partial charge in [0.1, 0.15) is 6.04 Å². The molecule has 0 aliphatic carbocycles. The predicted molar refractivity (Wildman–Crippen MR) is 92.6 cm³/mol. The molecule has 2 saturated heterocycles.